The molecule has 9 nitrogen and oxygen atoms in total. The minimum atomic E-state index is -5.62. The van der Waals surface area contributed by atoms with Crippen molar-refractivity contribution in [2.24, 2.45) is 5.92 Å². The van der Waals surface area contributed by atoms with Gasteiger partial charge in [-0.15, -0.1) is 11.3 Å². The highest BCUT2D eigenvalue weighted by molar-refractivity contribution is 7.09. The van der Waals surface area contributed by atoms with Gasteiger partial charge < -0.3 is 19.1 Å². The third kappa shape index (κ3) is 11.5. The van der Waals surface area contributed by atoms with Crippen LogP contribution in [0.5, 0.6) is 0 Å². The van der Waals surface area contributed by atoms with Gasteiger partial charge in [0, 0.05) is 30.8 Å². The van der Waals surface area contributed by atoms with E-state index in [1.165, 1.54) is 11.3 Å². The number of alkyl halides is 6. The Hall–Kier alpha value is -3.13. The smallest absolute Gasteiger partial charge is 0.444 e. The van der Waals surface area contributed by atoms with Crippen molar-refractivity contribution in [3.05, 3.63) is 49.9 Å². The lowest BCUT2D eigenvalue weighted by molar-refractivity contribution is -0.221. The van der Waals surface area contributed by atoms with Crippen molar-refractivity contribution < 1.29 is 54.9 Å². The molecule has 1 fully saturated rings. The van der Waals surface area contributed by atoms with E-state index >= 15 is 0 Å². The number of nitriles is 1. The summed E-state index contributed by atoms with van der Waals surface area (Å²) in [6.45, 7) is 6.74. The fourth-order valence-corrected chi connectivity index (χ4v) is 4.62. The maximum Gasteiger partial charge on any atom is 0.491 e. The van der Waals surface area contributed by atoms with Crippen molar-refractivity contribution in [3.8, 4) is 6.07 Å². The molecule has 1 aliphatic rings. The SMILES string of the molecule is CC(C)(C)OC(=O)N1CCO[C@@H](c2ccc(Cl)c(Cl)c2)[C@H](Cc2nc(C#N)cs2)C1.O=C(OC(=O)C(F)(F)F)C(F)(F)F. The van der Waals surface area contributed by atoms with E-state index in [0.29, 0.717) is 41.9 Å². The van der Waals surface area contributed by atoms with Crippen molar-refractivity contribution in [1.29, 1.82) is 5.26 Å². The van der Waals surface area contributed by atoms with E-state index in [-0.39, 0.29) is 18.1 Å². The third-order valence-corrected chi connectivity index (χ3v) is 6.83. The monoisotopic (exact) mass is 677 g/mol. The summed E-state index contributed by atoms with van der Waals surface area (Å²) in [5.74, 6) is -6.50. The number of hydrogen-bond acceptors (Lipinski definition) is 9. The molecule has 2 aromatic rings. The van der Waals surface area contributed by atoms with Gasteiger partial charge in [0.2, 0.25) is 0 Å². The molecule has 1 amide bonds. The normalized spacial score (nSPS) is 17.6. The second-order valence-corrected chi connectivity index (χ2v) is 11.5. The van der Waals surface area contributed by atoms with E-state index < -0.39 is 29.9 Å². The van der Waals surface area contributed by atoms with Gasteiger partial charge in [0.25, 0.3) is 0 Å². The van der Waals surface area contributed by atoms with Crippen LogP contribution in [0.3, 0.4) is 0 Å². The molecule has 0 radical (unpaired) electrons. The molecule has 2 atom stereocenters. The van der Waals surface area contributed by atoms with Crippen LogP contribution in [-0.4, -0.2) is 65.6 Å². The van der Waals surface area contributed by atoms with E-state index in [9.17, 15) is 40.7 Å². The second-order valence-electron chi connectivity index (χ2n) is 9.77. The van der Waals surface area contributed by atoms with E-state index in [4.69, 9.17) is 37.9 Å². The van der Waals surface area contributed by atoms with Crippen molar-refractivity contribution in [1.82, 2.24) is 9.88 Å². The lowest BCUT2D eigenvalue weighted by atomic mass is 9.92. The topological polar surface area (TPSA) is 119 Å². The Kier molecular flexibility index (Phi) is 12.2. The molecule has 1 aromatic carbocycles. The highest BCUT2D eigenvalue weighted by atomic mass is 35.5. The molecule has 0 aliphatic carbocycles. The second kappa shape index (κ2) is 14.6. The molecule has 1 aromatic heterocycles. The third-order valence-electron chi connectivity index (χ3n) is 5.22. The van der Waals surface area contributed by atoms with Crippen molar-refractivity contribution >= 4 is 52.6 Å². The first-order valence-corrected chi connectivity index (χ1v) is 13.6. The van der Waals surface area contributed by atoms with Gasteiger partial charge in [-0.3, -0.25) is 0 Å². The first kappa shape index (κ1) is 36.1. The molecular formula is C25H23Cl2F6N3O6S. The summed E-state index contributed by atoms with van der Waals surface area (Å²) in [6.07, 6.45) is -11.4. The molecule has 0 spiro atoms. The Morgan fingerprint density at radius 1 is 1.09 bits per heavy atom. The zero-order chi connectivity index (χ0) is 32.8. The van der Waals surface area contributed by atoms with Crippen LogP contribution < -0.4 is 0 Å². The van der Waals surface area contributed by atoms with Gasteiger partial charge in [-0.2, -0.15) is 31.6 Å². The fourth-order valence-electron chi connectivity index (χ4n) is 3.50. The van der Waals surface area contributed by atoms with Gasteiger partial charge in [0.05, 0.1) is 27.8 Å². The van der Waals surface area contributed by atoms with Crippen molar-refractivity contribution in [3.63, 3.8) is 0 Å². The van der Waals surface area contributed by atoms with Gasteiger partial charge in [0.1, 0.15) is 11.7 Å². The van der Waals surface area contributed by atoms with Crippen LogP contribution >= 0.6 is 34.5 Å². The van der Waals surface area contributed by atoms with Crippen LogP contribution in [0.2, 0.25) is 10.0 Å². The number of rotatable bonds is 3. The number of ether oxygens (including phenoxy) is 3. The first-order valence-electron chi connectivity index (χ1n) is 12.0. The van der Waals surface area contributed by atoms with Crippen LogP contribution in [0, 0.1) is 17.2 Å². The molecule has 43 heavy (non-hydrogen) atoms. The van der Waals surface area contributed by atoms with Crippen LogP contribution in [0.25, 0.3) is 0 Å². The number of aromatic nitrogens is 1. The summed E-state index contributed by atoms with van der Waals surface area (Å²) in [5, 5.41) is 12.6. The number of esters is 2. The van der Waals surface area contributed by atoms with Crippen LogP contribution in [0.1, 0.15) is 43.1 Å². The molecule has 0 N–H and O–H groups in total. The number of hydrogen-bond donors (Lipinski definition) is 0. The number of nitrogens with zero attached hydrogens (tertiary/aromatic N) is 3. The van der Waals surface area contributed by atoms with E-state index in [1.54, 1.807) is 22.4 Å². The van der Waals surface area contributed by atoms with E-state index in [0.717, 1.165) is 10.6 Å². The molecule has 236 valence electrons. The Bertz CT molecular complexity index is 1330. The average molecular weight is 678 g/mol. The van der Waals surface area contributed by atoms with E-state index in [2.05, 4.69) is 15.8 Å². The van der Waals surface area contributed by atoms with Crippen LogP contribution in [0.4, 0.5) is 31.1 Å². The molecule has 0 saturated carbocycles. The highest BCUT2D eigenvalue weighted by Crippen LogP contribution is 2.35. The van der Waals surface area contributed by atoms with Crippen LogP contribution in [0.15, 0.2) is 23.6 Å². The molecule has 3 rings (SSSR count). The van der Waals surface area contributed by atoms with E-state index in [1.807, 2.05) is 26.8 Å². The molecular weight excluding hydrogens is 655 g/mol. The summed E-state index contributed by atoms with van der Waals surface area (Å²) in [6, 6.07) is 7.49. The first-order chi connectivity index (χ1) is 19.7. The molecule has 0 unspecified atom stereocenters. The van der Waals surface area contributed by atoms with Crippen molar-refractivity contribution in [2.75, 3.05) is 19.7 Å². The lowest BCUT2D eigenvalue weighted by Gasteiger charge is -2.29. The predicted octanol–water partition coefficient (Wildman–Crippen LogP) is 6.67. The van der Waals surface area contributed by atoms with Gasteiger partial charge in [-0.25, -0.2) is 19.4 Å². The minimum Gasteiger partial charge on any atom is -0.444 e. The number of carbonyl (C=O) groups excluding carboxylic acids is 3. The Morgan fingerprint density at radius 3 is 2.19 bits per heavy atom. The number of carbonyl (C=O) groups is 3. The number of halogens is 8. The average Bonchev–Trinajstić information content (AvgIpc) is 3.22. The molecule has 1 saturated heterocycles. The summed E-state index contributed by atoms with van der Waals surface area (Å²) in [5.41, 5.74) is 0.692. The standard InChI is InChI=1S/C21H23Cl2N3O3S.C4F6O3/c1-21(2,3)29-20(27)26-6-7-28-19(13-4-5-16(22)17(23)8-13)14(11-26)9-18-25-15(10-24)12-30-18;5-3(6,7)1(11)13-2(12)4(8,9)10/h4-5,8,12,14,19H,6-7,9,11H2,1-3H3;/t14-,19+;/m1./s1. The van der Waals surface area contributed by atoms with Crippen molar-refractivity contribution in [2.45, 2.75) is 51.2 Å². The van der Waals surface area contributed by atoms with Gasteiger partial charge >= 0.3 is 30.4 Å². The van der Waals surface area contributed by atoms with Gasteiger partial charge in [-0.05, 0) is 38.5 Å². The Labute approximate surface area is 255 Å². The Morgan fingerprint density at radius 2 is 1.70 bits per heavy atom. The summed E-state index contributed by atoms with van der Waals surface area (Å²) < 4.78 is 81.4. The maximum absolute atomic E-state index is 12.7. The molecule has 1 aliphatic heterocycles. The molecule has 2 heterocycles. The van der Waals surface area contributed by atoms with Gasteiger partial charge in [0.15, 0.2) is 5.69 Å². The molecule has 18 heteroatoms. The fraction of sp³-hybridized carbons (Fsp3) is 0.480. The number of benzene rings is 1. The number of thiazole rings is 1. The Balaban J connectivity index is 0.000000420. The lowest BCUT2D eigenvalue weighted by Crippen LogP contribution is -2.40. The zero-order valence-corrected chi connectivity index (χ0v) is 24.8. The van der Waals surface area contributed by atoms with Crippen LogP contribution in [-0.2, 0) is 30.2 Å². The summed E-state index contributed by atoms with van der Waals surface area (Å²) in [7, 11) is 0. The highest BCUT2D eigenvalue weighted by Gasteiger charge is 2.49. The summed E-state index contributed by atoms with van der Waals surface area (Å²) in [4.78, 5) is 38.1. The zero-order valence-electron chi connectivity index (χ0n) is 22.5. The minimum absolute atomic E-state index is 0.102. The molecule has 0 bridgehead atoms. The largest absolute Gasteiger partial charge is 0.491 e. The number of amides is 1. The predicted molar refractivity (Wildman–Crippen MR) is 140 cm³/mol. The van der Waals surface area contributed by atoms with Gasteiger partial charge in [-0.1, -0.05) is 29.3 Å². The summed E-state index contributed by atoms with van der Waals surface area (Å²) >= 11 is 13.7. The maximum atomic E-state index is 12.7. The quantitative estimate of drug-likeness (QED) is 0.201.